The summed E-state index contributed by atoms with van der Waals surface area (Å²) in [7, 11) is -3.86. The predicted octanol–water partition coefficient (Wildman–Crippen LogP) is 8.89. The third-order valence-corrected chi connectivity index (χ3v) is 9.55. The van der Waals surface area contributed by atoms with Crippen LogP contribution in [0.15, 0.2) is 119 Å². The molecule has 6 aromatic rings. The van der Waals surface area contributed by atoms with Crippen LogP contribution in [0, 0.1) is 5.41 Å². The van der Waals surface area contributed by atoms with E-state index in [9.17, 15) is 8.42 Å². The number of sulfone groups is 1. The van der Waals surface area contributed by atoms with Crippen LogP contribution < -0.4 is 4.74 Å². The molecule has 0 N–H and O–H groups in total. The van der Waals surface area contributed by atoms with Gasteiger partial charge in [0.05, 0.1) is 21.6 Å². The molecule has 0 atom stereocenters. The number of pyridine rings is 1. The minimum absolute atomic E-state index is 0.172. The summed E-state index contributed by atoms with van der Waals surface area (Å²) in [6.45, 7) is 7.14. The van der Waals surface area contributed by atoms with Gasteiger partial charge in [-0.3, -0.25) is 0 Å². The second-order valence-corrected chi connectivity index (χ2v) is 14.3. The smallest absolute Gasteiger partial charge is 0.208 e. The molecule has 0 saturated heterocycles. The van der Waals surface area contributed by atoms with E-state index in [1.165, 1.54) is 0 Å². The first kappa shape index (κ1) is 29.0. The van der Waals surface area contributed by atoms with Crippen LogP contribution in [0.3, 0.4) is 0 Å². The highest BCUT2D eigenvalue weighted by Gasteiger charge is 2.31. The number of fused-ring (bicyclic) bond motifs is 2. The van der Waals surface area contributed by atoms with Gasteiger partial charge in [0.15, 0.2) is 0 Å². The van der Waals surface area contributed by atoms with Crippen molar-refractivity contribution in [1.29, 1.82) is 0 Å². The van der Waals surface area contributed by atoms with Crippen LogP contribution in [-0.4, -0.2) is 18.0 Å². The molecule has 4 aromatic carbocycles. The minimum Gasteiger partial charge on any atom is -0.487 e. The quantitative estimate of drug-likeness (QED) is 0.173. The molecule has 218 valence electrons. The summed E-state index contributed by atoms with van der Waals surface area (Å²) in [4.78, 5) is 5.32. The van der Waals surface area contributed by atoms with Crippen molar-refractivity contribution in [3.05, 3.63) is 131 Å². The number of rotatable bonds is 8. The summed E-state index contributed by atoms with van der Waals surface area (Å²) in [6, 6.07) is 34.0. The lowest BCUT2D eigenvalue weighted by atomic mass is 9.90. The lowest BCUT2D eigenvalue weighted by Crippen LogP contribution is -2.17. The molecule has 0 radical (unpaired) electrons. The highest BCUT2D eigenvalue weighted by Crippen LogP contribution is 2.39. The Balaban J connectivity index is 1.49. The van der Waals surface area contributed by atoms with Crippen molar-refractivity contribution in [3.63, 3.8) is 0 Å². The second-order valence-electron chi connectivity index (χ2n) is 12.0. The maximum atomic E-state index is 14.4. The average molecular weight is 609 g/mol. The van der Waals surface area contributed by atoms with Gasteiger partial charge in [-0.15, -0.1) is 0 Å². The van der Waals surface area contributed by atoms with Crippen molar-refractivity contribution in [2.75, 3.05) is 0 Å². The summed E-state index contributed by atoms with van der Waals surface area (Å²) in [6.07, 6.45) is 0.563. The average Bonchev–Trinajstić information content (AvgIpc) is 3.28. The standard InChI is InChI=1S/C36H33ClN2O3S/c1-36(2,3)22-34-35(43(40,41)30-10-5-4-6-11-30)31-21-29(42-24-28-18-15-26-9-7-8-12-32(26)38-28)19-20-33(31)39(34)23-25-13-16-27(37)17-14-25/h4-21H,22-24H2,1-3H3. The number of aromatic nitrogens is 2. The molecule has 0 bridgehead atoms. The van der Waals surface area contributed by atoms with E-state index in [-0.39, 0.29) is 16.9 Å². The Hall–Kier alpha value is -4.13. The zero-order chi connectivity index (χ0) is 30.2. The molecule has 0 spiro atoms. The maximum Gasteiger partial charge on any atom is 0.208 e. The van der Waals surface area contributed by atoms with Crippen LogP contribution in [0.4, 0.5) is 0 Å². The van der Waals surface area contributed by atoms with E-state index in [1.807, 2.05) is 84.9 Å². The van der Waals surface area contributed by atoms with E-state index in [0.717, 1.165) is 33.4 Å². The van der Waals surface area contributed by atoms with E-state index in [1.54, 1.807) is 24.3 Å². The summed E-state index contributed by atoms with van der Waals surface area (Å²) < 4.78 is 37.2. The minimum atomic E-state index is -3.86. The van der Waals surface area contributed by atoms with Gasteiger partial charge in [0.25, 0.3) is 0 Å². The van der Waals surface area contributed by atoms with Gasteiger partial charge in [0.2, 0.25) is 9.84 Å². The Labute approximate surface area is 257 Å². The zero-order valence-electron chi connectivity index (χ0n) is 24.4. The summed E-state index contributed by atoms with van der Waals surface area (Å²) in [5.41, 5.74) is 4.16. The first-order valence-electron chi connectivity index (χ1n) is 14.3. The molecular weight excluding hydrogens is 576 g/mol. The molecule has 5 nitrogen and oxygen atoms in total. The number of halogens is 1. The Kier molecular flexibility index (Phi) is 7.75. The molecule has 7 heteroatoms. The fraction of sp³-hybridized carbons (Fsp3) is 0.194. The number of hydrogen-bond acceptors (Lipinski definition) is 4. The number of benzene rings is 4. The summed E-state index contributed by atoms with van der Waals surface area (Å²) in [5, 5.41) is 2.36. The van der Waals surface area contributed by atoms with Crippen LogP contribution >= 0.6 is 11.6 Å². The van der Waals surface area contributed by atoms with Gasteiger partial charge in [-0.25, -0.2) is 13.4 Å². The van der Waals surface area contributed by atoms with Crippen LogP contribution in [-0.2, 0) is 29.4 Å². The van der Waals surface area contributed by atoms with Gasteiger partial charge < -0.3 is 9.30 Å². The Morgan fingerprint density at radius 1 is 0.837 bits per heavy atom. The van der Waals surface area contributed by atoms with E-state index >= 15 is 0 Å². The third-order valence-electron chi connectivity index (χ3n) is 7.41. The van der Waals surface area contributed by atoms with E-state index < -0.39 is 9.84 Å². The summed E-state index contributed by atoms with van der Waals surface area (Å²) in [5.74, 6) is 0.581. The van der Waals surface area contributed by atoms with Crippen molar-refractivity contribution in [2.45, 2.75) is 50.1 Å². The molecular formula is C36H33ClN2O3S. The van der Waals surface area contributed by atoms with Gasteiger partial charge in [-0.1, -0.05) is 87.0 Å². The Bertz CT molecular complexity index is 2030. The fourth-order valence-corrected chi connectivity index (χ4v) is 7.26. The second kappa shape index (κ2) is 11.5. The molecule has 0 amide bonds. The highest BCUT2D eigenvalue weighted by molar-refractivity contribution is 7.91. The van der Waals surface area contributed by atoms with E-state index in [2.05, 4.69) is 25.3 Å². The van der Waals surface area contributed by atoms with Crippen molar-refractivity contribution in [1.82, 2.24) is 9.55 Å². The molecule has 43 heavy (non-hydrogen) atoms. The lowest BCUT2D eigenvalue weighted by molar-refractivity contribution is 0.302. The van der Waals surface area contributed by atoms with Crippen molar-refractivity contribution in [3.8, 4) is 5.75 Å². The van der Waals surface area contributed by atoms with Crippen molar-refractivity contribution < 1.29 is 13.2 Å². The molecule has 0 fully saturated rings. The van der Waals surface area contributed by atoms with Crippen LogP contribution in [0.1, 0.15) is 37.7 Å². The van der Waals surface area contributed by atoms with Crippen molar-refractivity contribution >= 4 is 43.2 Å². The van der Waals surface area contributed by atoms with Crippen LogP contribution in [0.5, 0.6) is 5.75 Å². The highest BCUT2D eigenvalue weighted by atomic mass is 35.5. The maximum absolute atomic E-state index is 14.4. The molecule has 0 aliphatic heterocycles. The first-order chi connectivity index (χ1) is 20.6. The van der Waals surface area contributed by atoms with E-state index in [0.29, 0.717) is 34.0 Å². The van der Waals surface area contributed by atoms with Gasteiger partial charge >= 0.3 is 0 Å². The largest absolute Gasteiger partial charge is 0.487 e. The molecule has 6 rings (SSSR count). The van der Waals surface area contributed by atoms with Gasteiger partial charge in [0.1, 0.15) is 17.3 Å². The van der Waals surface area contributed by atoms with E-state index in [4.69, 9.17) is 21.3 Å². The van der Waals surface area contributed by atoms with Gasteiger partial charge in [-0.2, -0.15) is 0 Å². The molecule has 0 aliphatic carbocycles. The number of nitrogens with zero attached hydrogens (tertiary/aromatic N) is 2. The first-order valence-corrected chi connectivity index (χ1v) is 16.1. The van der Waals surface area contributed by atoms with Crippen LogP contribution in [0.2, 0.25) is 5.02 Å². The third kappa shape index (κ3) is 6.17. The fourth-order valence-electron chi connectivity index (χ4n) is 5.44. The topological polar surface area (TPSA) is 61.2 Å². The monoisotopic (exact) mass is 608 g/mol. The van der Waals surface area contributed by atoms with Crippen LogP contribution in [0.25, 0.3) is 21.8 Å². The molecule has 0 aliphatic rings. The zero-order valence-corrected chi connectivity index (χ0v) is 26.0. The van der Waals surface area contributed by atoms with Crippen molar-refractivity contribution in [2.24, 2.45) is 5.41 Å². The number of para-hydroxylation sites is 1. The Morgan fingerprint density at radius 3 is 2.30 bits per heavy atom. The molecule has 2 heterocycles. The van der Waals surface area contributed by atoms with Gasteiger partial charge in [0, 0.05) is 28.0 Å². The summed E-state index contributed by atoms with van der Waals surface area (Å²) >= 11 is 6.18. The number of ether oxygens (including phenoxy) is 1. The number of hydrogen-bond donors (Lipinski definition) is 0. The molecule has 2 aromatic heterocycles. The normalized spacial score (nSPS) is 12.2. The van der Waals surface area contributed by atoms with Gasteiger partial charge in [-0.05, 0) is 72.0 Å². The lowest BCUT2D eigenvalue weighted by Gasteiger charge is -2.22. The Morgan fingerprint density at radius 2 is 1.56 bits per heavy atom. The molecule has 0 saturated carbocycles. The predicted molar refractivity (Wildman–Crippen MR) is 174 cm³/mol. The SMILES string of the molecule is CC(C)(C)Cc1c(S(=O)(=O)c2ccccc2)c2cc(OCc3ccc4ccccc4n3)ccc2n1Cc1ccc(Cl)cc1. The molecule has 0 unspecified atom stereocenters.